The summed E-state index contributed by atoms with van der Waals surface area (Å²) in [4.78, 5) is 11.2. The maximum Gasteiger partial charge on any atom is 0.333 e. The smallest absolute Gasteiger partial charge is 0.333 e. The van der Waals surface area contributed by atoms with Crippen LogP contribution in [0.15, 0.2) is 11.6 Å². The van der Waals surface area contributed by atoms with Gasteiger partial charge in [0.15, 0.2) is 0 Å². The van der Waals surface area contributed by atoms with Crippen molar-refractivity contribution in [2.75, 3.05) is 6.61 Å². The molecule has 1 aliphatic rings. The SMILES string of the molecule is CCC[C@@H]1O[C@H]1/C=C(\C)C(=O)OCC. The molecule has 3 heteroatoms. The van der Waals surface area contributed by atoms with Crippen LogP contribution in [-0.4, -0.2) is 24.8 Å². The number of hydrogen-bond acceptors (Lipinski definition) is 3. The Bertz CT molecular complexity index is 233. The molecule has 1 heterocycles. The normalized spacial score (nSPS) is 26.1. The van der Waals surface area contributed by atoms with Crippen LogP contribution in [0.3, 0.4) is 0 Å². The van der Waals surface area contributed by atoms with Gasteiger partial charge in [0.1, 0.15) is 6.10 Å². The van der Waals surface area contributed by atoms with Gasteiger partial charge in [-0.25, -0.2) is 4.79 Å². The molecule has 3 nitrogen and oxygen atoms in total. The summed E-state index contributed by atoms with van der Waals surface area (Å²) in [6, 6.07) is 0. The minimum atomic E-state index is -0.238. The first-order valence-corrected chi connectivity index (χ1v) is 5.20. The Kier molecular flexibility index (Phi) is 4.14. The van der Waals surface area contributed by atoms with Crippen molar-refractivity contribution in [3.05, 3.63) is 11.6 Å². The topological polar surface area (TPSA) is 38.8 Å². The Balaban J connectivity index is 2.34. The summed E-state index contributed by atoms with van der Waals surface area (Å²) in [5.41, 5.74) is 0.649. The number of ether oxygens (including phenoxy) is 2. The van der Waals surface area contributed by atoms with Crippen LogP contribution in [-0.2, 0) is 14.3 Å². The van der Waals surface area contributed by atoms with Crippen LogP contribution in [0, 0.1) is 0 Å². The molecule has 0 aliphatic carbocycles. The van der Waals surface area contributed by atoms with Gasteiger partial charge in [0.05, 0.1) is 12.7 Å². The van der Waals surface area contributed by atoms with E-state index in [9.17, 15) is 4.79 Å². The van der Waals surface area contributed by atoms with Gasteiger partial charge in [-0.05, 0) is 26.3 Å². The van der Waals surface area contributed by atoms with Crippen molar-refractivity contribution in [2.45, 2.75) is 45.8 Å². The number of epoxide rings is 1. The minimum Gasteiger partial charge on any atom is -0.463 e. The Morgan fingerprint density at radius 3 is 2.79 bits per heavy atom. The zero-order valence-electron chi connectivity index (χ0n) is 9.08. The highest BCUT2D eigenvalue weighted by Gasteiger charge is 2.36. The third-order valence-corrected chi connectivity index (χ3v) is 2.21. The second-order valence-electron chi connectivity index (χ2n) is 3.50. The molecule has 2 atom stereocenters. The lowest BCUT2D eigenvalue weighted by molar-refractivity contribution is -0.138. The molecule has 0 aromatic rings. The van der Waals surface area contributed by atoms with Crippen LogP contribution in [0.2, 0.25) is 0 Å². The number of esters is 1. The molecular weight excluding hydrogens is 180 g/mol. The van der Waals surface area contributed by atoms with Gasteiger partial charge >= 0.3 is 5.97 Å². The first-order chi connectivity index (χ1) is 6.69. The Hall–Kier alpha value is -0.830. The van der Waals surface area contributed by atoms with E-state index in [2.05, 4.69) is 6.92 Å². The van der Waals surface area contributed by atoms with Crippen molar-refractivity contribution in [1.82, 2.24) is 0 Å². The fourth-order valence-corrected chi connectivity index (χ4v) is 1.38. The molecule has 1 saturated heterocycles. The monoisotopic (exact) mass is 198 g/mol. The van der Waals surface area contributed by atoms with Gasteiger partial charge in [0.2, 0.25) is 0 Å². The van der Waals surface area contributed by atoms with Gasteiger partial charge in [-0.3, -0.25) is 0 Å². The van der Waals surface area contributed by atoms with E-state index in [1.165, 1.54) is 0 Å². The second-order valence-corrected chi connectivity index (χ2v) is 3.50. The van der Waals surface area contributed by atoms with Crippen LogP contribution >= 0.6 is 0 Å². The van der Waals surface area contributed by atoms with Gasteiger partial charge < -0.3 is 9.47 Å². The standard InChI is InChI=1S/C11H18O3/c1-4-6-9-10(14-9)7-8(3)11(12)13-5-2/h7,9-10H,4-6H2,1-3H3/b8-7+/t9-,10-/m0/s1. The lowest BCUT2D eigenvalue weighted by Crippen LogP contribution is -2.06. The number of rotatable bonds is 5. The van der Waals surface area contributed by atoms with Crippen molar-refractivity contribution in [3.8, 4) is 0 Å². The first kappa shape index (κ1) is 11.2. The maximum atomic E-state index is 11.2. The molecule has 0 N–H and O–H groups in total. The van der Waals surface area contributed by atoms with Crippen LogP contribution in [0.5, 0.6) is 0 Å². The molecule has 1 aliphatic heterocycles. The van der Waals surface area contributed by atoms with E-state index in [1.54, 1.807) is 13.8 Å². The Morgan fingerprint density at radius 1 is 1.50 bits per heavy atom. The molecule has 0 amide bonds. The van der Waals surface area contributed by atoms with E-state index >= 15 is 0 Å². The molecule has 14 heavy (non-hydrogen) atoms. The molecule has 0 aromatic heterocycles. The van der Waals surface area contributed by atoms with E-state index in [0.717, 1.165) is 12.8 Å². The molecule has 1 fully saturated rings. The van der Waals surface area contributed by atoms with E-state index in [4.69, 9.17) is 9.47 Å². The predicted molar refractivity (Wildman–Crippen MR) is 54.0 cm³/mol. The average Bonchev–Trinajstić information content (AvgIpc) is 2.84. The summed E-state index contributed by atoms with van der Waals surface area (Å²) in [5.74, 6) is -0.238. The van der Waals surface area contributed by atoms with Gasteiger partial charge in [0, 0.05) is 5.57 Å². The highest BCUT2D eigenvalue weighted by Crippen LogP contribution is 2.28. The summed E-state index contributed by atoms with van der Waals surface area (Å²) >= 11 is 0. The first-order valence-electron chi connectivity index (χ1n) is 5.20. The zero-order chi connectivity index (χ0) is 10.6. The van der Waals surface area contributed by atoms with Crippen molar-refractivity contribution in [2.24, 2.45) is 0 Å². The molecule has 1 rings (SSSR count). The van der Waals surface area contributed by atoms with Gasteiger partial charge in [-0.2, -0.15) is 0 Å². The summed E-state index contributed by atoms with van der Waals surface area (Å²) in [7, 11) is 0. The summed E-state index contributed by atoms with van der Waals surface area (Å²) < 4.78 is 10.2. The maximum absolute atomic E-state index is 11.2. The van der Waals surface area contributed by atoms with Crippen LogP contribution in [0.1, 0.15) is 33.6 Å². The van der Waals surface area contributed by atoms with Crippen molar-refractivity contribution in [1.29, 1.82) is 0 Å². The Labute approximate surface area is 85.1 Å². The lowest BCUT2D eigenvalue weighted by Gasteiger charge is -1.99. The highest BCUT2D eigenvalue weighted by molar-refractivity contribution is 5.87. The van der Waals surface area contributed by atoms with E-state index in [1.807, 2.05) is 6.08 Å². The quantitative estimate of drug-likeness (QED) is 0.385. The van der Waals surface area contributed by atoms with Crippen molar-refractivity contribution < 1.29 is 14.3 Å². The number of carbonyl (C=O) groups is 1. The molecule has 0 radical (unpaired) electrons. The molecule has 0 bridgehead atoms. The molecule has 0 spiro atoms. The van der Waals surface area contributed by atoms with Crippen LogP contribution < -0.4 is 0 Å². The molecule has 0 unspecified atom stereocenters. The highest BCUT2D eigenvalue weighted by atomic mass is 16.6. The van der Waals surface area contributed by atoms with Gasteiger partial charge in [-0.1, -0.05) is 13.3 Å². The van der Waals surface area contributed by atoms with Crippen LogP contribution in [0.4, 0.5) is 0 Å². The third-order valence-electron chi connectivity index (χ3n) is 2.21. The van der Waals surface area contributed by atoms with Gasteiger partial charge in [-0.15, -0.1) is 0 Å². The summed E-state index contributed by atoms with van der Waals surface area (Å²) in [5, 5.41) is 0. The number of hydrogen-bond donors (Lipinski definition) is 0. The van der Waals surface area contributed by atoms with E-state index < -0.39 is 0 Å². The second kappa shape index (κ2) is 5.15. The summed E-state index contributed by atoms with van der Waals surface area (Å²) in [6.07, 6.45) is 4.51. The van der Waals surface area contributed by atoms with Crippen LogP contribution in [0.25, 0.3) is 0 Å². The summed E-state index contributed by atoms with van der Waals surface area (Å²) in [6.45, 7) is 6.12. The van der Waals surface area contributed by atoms with E-state index in [0.29, 0.717) is 18.3 Å². The molecule has 0 aromatic carbocycles. The zero-order valence-corrected chi connectivity index (χ0v) is 9.08. The average molecular weight is 198 g/mol. The fourth-order valence-electron chi connectivity index (χ4n) is 1.38. The molecule has 80 valence electrons. The third kappa shape index (κ3) is 3.14. The number of carbonyl (C=O) groups excluding carboxylic acids is 1. The largest absolute Gasteiger partial charge is 0.463 e. The fraction of sp³-hybridized carbons (Fsp3) is 0.727. The molecule has 0 saturated carbocycles. The van der Waals surface area contributed by atoms with Crippen molar-refractivity contribution >= 4 is 5.97 Å². The van der Waals surface area contributed by atoms with E-state index in [-0.39, 0.29) is 12.1 Å². The van der Waals surface area contributed by atoms with Crippen molar-refractivity contribution in [3.63, 3.8) is 0 Å². The predicted octanol–water partition coefficient (Wildman–Crippen LogP) is 2.06. The van der Waals surface area contributed by atoms with Gasteiger partial charge in [0.25, 0.3) is 0 Å². The Morgan fingerprint density at radius 2 is 2.21 bits per heavy atom. The molecular formula is C11H18O3. The minimum absolute atomic E-state index is 0.138. The lowest BCUT2D eigenvalue weighted by atomic mass is 10.1.